The van der Waals surface area contributed by atoms with Crippen LogP contribution in [0.3, 0.4) is 0 Å². The van der Waals surface area contributed by atoms with Gasteiger partial charge in [-0.3, -0.25) is 4.79 Å². The third-order valence-corrected chi connectivity index (χ3v) is 4.38. The van der Waals surface area contributed by atoms with E-state index in [1.807, 2.05) is 24.3 Å². The molecule has 2 N–H and O–H groups in total. The predicted octanol–water partition coefficient (Wildman–Crippen LogP) is 3.23. The van der Waals surface area contributed by atoms with E-state index < -0.39 is 11.9 Å². The largest absolute Gasteiger partial charge is 0.478 e. The van der Waals surface area contributed by atoms with Gasteiger partial charge in [0.15, 0.2) is 0 Å². The van der Waals surface area contributed by atoms with Crippen LogP contribution in [-0.4, -0.2) is 31.7 Å². The first-order valence-corrected chi connectivity index (χ1v) is 8.91. The van der Waals surface area contributed by atoms with Crippen molar-refractivity contribution in [2.24, 2.45) is 0 Å². The normalized spacial score (nSPS) is 11.0. The number of rotatable bonds is 6. The smallest absolute Gasteiger partial charge is 0.339 e. The van der Waals surface area contributed by atoms with Crippen LogP contribution in [0.1, 0.15) is 63.7 Å². The molecule has 0 fully saturated rings. The van der Waals surface area contributed by atoms with E-state index in [0.29, 0.717) is 23.3 Å². The summed E-state index contributed by atoms with van der Waals surface area (Å²) in [6.07, 6.45) is 0. The molecule has 0 atom stereocenters. The van der Waals surface area contributed by atoms with Gasteiger partial charge in [0, 0.05) is 0 Å². The number of aromatic nitrogens is 3. The number of nitrogens with one attached hydrogen (secondary N) is 1. The summed E-state index contributed by atoms with van der Waals surface area (Å²) in [5.74, 6) is 0.0408. The Balaban J connectivity index is 1.79. The minimum Gasteiger partial charge on any atom is -0.478 e. The van der Waals surface area contributed by atoms with Crippen molar-refractivity contribution >= 4 is 11.9 Å². The average molecular weight is 382 g/mol. The lowest BCUT2D eigenvalue weighted by Crippen LogP contribution is -2.24. The van der Waals surface area contributed by atoms with Crippen molar-refractivity contribution in [2.75, 3.05) is 0 Å². The number of carbonyl (C=O) groups excluding carboxylic acids is 1. The molecule has 2 heterocycles. The highest BCUT2D eigenvalue weighted by Crippen LogP contribution is 2.23. The Bertz CT molecular complexity index is 1030. The van der Waals surface area contributed by atoms with Gasteiger partial charge in [-0.2, -0.15) is 0 Å². The van der Waals surface area contributed by atoms with E-state index in [-0.39, 0.29) is 17.9 Å². The second kappa shape index (κ2) is 7.67. The minimum atomic E-state index is -1.07. The van der Waals surface area contributed by atoms with Crippen molar-refractivity contribution in [3.63, 3.8) is 0 Å². The summed E-state index contributed by atoms with van der Waals surface area (Å²) in [4.78, 5) is 27.8. The number of carbonyl (C=O) groups is 2. The standard InChI is InChI=1S/C20H22N4O4/c1-11(2)15-7-5-6-8-17(15)24-13(4)22-18(23-24)19(25)21-10-14-9-16(20(26)27)12(3)28-14/h5-9,11H,10H2,1-4H3,(H,21,25)(H,26,27). The van der Waals surface area contributed by atoms with Crippen molar-refractivity contribution in [3.8, 4) is 5.69 Å². The van der Waals surface area contributed by atoms with E-state index in [9.17, 15) is 9.59 Å². The fourth-order valence-corrected chi connectivity index (χ4v) is 2.97. The Labute approximate surface area is 162 Å². The van der Waals surface area contributed by atoms with Gasteiger partial charge in [-0.1, -0.05) is 32.0 Å². The Morgan fingerprint density at radius 2 is 1.96 bits per heavy atom. The molecule has 146 valence electrons. The molecule has 8 heteroatoms. The summed E-state index contributed by atoms with van der Waals surface area (Å²) in [6.45, 7) is 7.58. The Morgan fingerprint density at radius 3 is 2.61 bits per heavy atom. The molecule has 3 aromatic rings. The van der Waals surface area contributed by atoms with Crippen molar-refractivity contribution < 1.29 is 19.1 Å². The van der Waals surface area contributed by atoms with Crippen LogP contribution in [0, 0.1) is 13.8 Å². The second-order valence-corrected chi connectivity index (χ2v) is 6.78. The maximum atomic E-state index is 12.5. The first-order chi connectivity index (χ1) is 13.3. The van der Waals surface area contributed by atoms with E-state index >= 15 is 0 Å². The first kappa shape index (κ1) is 19.3. The predicted molar refractivity (Wildman–Crippen MR) is 102 cm³/mol. The van der Waals surface area contributed by atoms with Gasteiger partial charge >= 0.3 is 5.97 Å². The number of hydrogen-bond acceptors (Lipinski definition) is 5. The number of para-hydroxylation sites is 1. The van der Waals surface area contributed by atoms with Gasteiger partial charge in [0.25, 0.3) is 5.91 Å². The number of carboxylic acid groups (broad SMARTS) is 1. The zero-order chi connectivity index (χ0) is 20.4. The van der Waals surface area contributed by atoms with E-state index in [1.54, 1.807) is 18.5 Å². The number of hydrogen-bond donors (Lipinski definition) is 2. The number of amides is 1. The third-order valence-electron chi connectivity index (χ3n) is 4.38. The molecule has 0 aliphatic heterocycles. The van der Waals surface area contributed by atoms with Crippen molar-refractivity contribution in [2.45, 2.75) is 40.2 Å². The maximum Gasteiger partial charge on any atom is 0.339 e. The molecule has 0 radical (unpaired) electrons. The summed E-state index contributed by atoms with van der Waals surface area (Å²) in [6, 6.07) is 9.25. The highest BCUT2D eigenvalue weighted by molar-refractivity contribution is 5.90. The molecule has 8 nitrogen and oxygen atoms in total. The molecule has 2 aromatic heterocycles. The lowest BCUT2D eigenvalue weighted by molar-refractivity contribution is 0.0694. The molecule has 0 spiro atoms. The van der Waals surface area contributed by atoms with Crippen LogP contribution < -0.4 is 5.32 Å². The molecule has 0 saturated carbocycles. The van der Waals surface area contributed by atoms with Gasteiger partial charge in [-0.25, -0.2) is 14.5 Å². The summed E-state index contributed by atoms with van der Waals surface area (Å²) in [5.41, 5.74) is 2.07. The van der Waals surface area contributed by atoms with Crippen molar-refractivity contribution in [1.29, 1.82) is 0 Å². The number of benzene rings is 1. The van der Waals surface area contributed by atoms with Crippen LogP contribution in [0.5, 0.6) is 0 Å². The fourth-order valence-electron chi connectivity index (χ4n) is 2.97. The van der Waals surface area contributed by atoms with Gasteiger partial charge in [0.2, 0.25) is 5.82 Å². The number of aryl methyl sites for hydroxylation is 2. The van der Waals surface area contributed by atoms with E-state index in [4.69, 9.17) is 9.52 Å². The molecule has 1 aromatic carbocycles. The summed E-state index contributed by atoms with van der Waals surface area (Å²) in [5, 5.41) is 16.1. The lowest BCUT2D eigenvalue weighted by atomic mass is 10.0. The van der Waals surface area contributed by atoms with Crippen LogP contribution in [-0.2, 0) is 6.54 Å². The molecule has 0 aliphatic rings. The lowest BCUT2D eigenvalue weighted by Gasteiger charge is -2.12. The van der Waals surface area contributed by atoms with E-state index in [2.05, 4.69) is 29.2 Å². The van der Waals surface area contributed by atoms with Crippen LogP contribution in [0.4, 0.5) is 0 Å². The zero-order valence-corrected chi connectivity index (χ0v) is 16.2. The van der Waals surface area contributed by atoms with Crippen LogP contribution >= 0.6 is 0 Å². The molecule has 3 rings (SSSR count). The molecular formula is C20H22N4O4. The van der Waals surface area contributed by atoms with Crippen molar-refractivity contribution in [3.05, 3.63) is 64.6 Å². The molecule has 0 bridgehead atoms. The summed E-state index contributed by atoms with van der Waals surface area (Å²) >= 11 is 0. The summed E-state index contributed by atoms with van der Waals surface area (Å²) in [7, 11) is 0. The third kappa shape index (κ3) is 3.80. The first-order valence-electron chi connectivity index (χ1n) is 8.91. The molecule has 0 unspecified atom stereocenters. The second-order valence-electron chi connectivity index (χ2n) is 6.78. The fraction of sp³-hybridized carbons (Fsp3) is 0.300. The number of carboxylic acids is 1. The molecule has 1 amide bonds. The molecule has 0 aliphatic carbocycles. The van der Waals surface area contributed by atoms with Gasteiger partial charge in [-0.05, 0) is 37.5 Å². The average Bonchev–Trinajstić information content (AvgIpc) is 3.22. The SMILES string of the molecule is Cc1oc(CNC(=O)c2nc(C)n(-c3ccccc3C(C)C)n2)cc1C(=O)O. The number of aromatic carboxylic acids is 1. The highest BCUT2D eigenvalue weighted by atomic mass is 16.4. The maximum absolute atomic E-state index is 12.5. The Morgan fingerprint density at radius 1 is 1.25 bits per heavy atom. The van der Waals surface area contributed by atoms with Crippen molar-refractivity contribution in [1.82, 2.24) is 20.1 Å². The number of nitrogens with zero attached hydrogens (tertiary/aromatic N) is 3. The van der Waals surface area contributed by atoms with Crippen LogP contribution in [0.25, 0.3) is 5.69 Å². The van der Waals surface area contributed by atoms with Gasteiger partial charge < -0.3 is 14.8 Å². The monoisotopic (exact) mass is 382 g/mol. The van der Waals surface area contributed by atoms with Crippen LogP contribution in [0.15, 0.2) is 34.7 Å². The zero-order valence-electron chi connectivity index (χ0n) is 16.2. The minimum absolute atomic E-state index is 0.0396. The topological polar surface area (TPSA) is 110 Å². The molecule has 28 heavy (non-hydrogen) atoms. The quantitative estimate of drug-likeness (QED) is 0.677. The Kier molecular flexibility index (Phi) is 5.30. The van der Waals surface area contributed by atoms with E-state index in [0.717, 1.165) is 11.3 Å². The van der Waals surface area contributed by atoms with Gasteiger partial charge in [-0.15, -0.1) is 5.10 Å². The van der Waals surface area contributed by atoms with Gasteiger partial charge in [0.1, 0.15) is 22.9 Å². The highest BCUT2D eigenvalue weighted by Gasteiger charge is 2.19. The summed E-state index contributed by atoms with van der Waals surface area (Å²) < 4.78 is 7.02. The number of furan rings is 1. The molecular weight excluding hydrogens is 360 g/mol. The van der Waals surface area contributed by atoms with E-state index in [1.165, 1.54) is 6.07 Å². The molecule has 0 saturated heterocycles. The van der Waals surface area contributed by atoms with Crippen LogP contribution in [0.2, 0.25) is 0 Å². The Hall–Kier alpha value is -3.42. The van der Waals surface area contributed by atoms with Gasteiger partial charge in [0.05, 0.1) is 12.2 Å².